The van der Waals surface area contributed by atoms with E-state index in [0.29, 0.717) is 10.6 Å². The predicted octanol–water partition coefficient (Wildman–Crippen LogP) is 3.80. The average molecular weight is 241 g/mol. The maximum absolute atomic E-state index is 9.13. The van der Waals surface area contributed by atoms with Gasteiger partial charge in [-0.3, -0.25) is 4.98 Å². The van der Waals surface area contributed by atoms with Crippen LogP contribution >= 0.6 is 11.6 Å². The molecule has 0 N–H and O–H groups in total. The number of halogens is 1. The third kappa shape index (κ3) is 2.93. The zero-order valence-corrected chi connectivity index (χ0v) is 9.72. The molecule has 0 aliphatic heterocycles. The normalized spacial score (nSPS) is 10.9. The smallest absolute Gasteiger partial charge is 0.0998 e. The van der Waals surface area contributed by atoms with Crippen molar-refractivity contribution in [2.45, 2.75) is 0 Å². The molecule has 0 fully saturated rings. The number of nitrogens with zero attached hydrogens (tertiary/aromatic N) is 2. The summed E-state index contributed by atoms with van der Waals surface area (Å²) in [5, 5.41) is 9.79. The van der Waals surface area contributed by atoms with E-state index in [1.165, 1.54) is 0 Å². The molecular formula is C14H9ClN2. The zero-order valence-electron chi connectivity index (χ0n) is 8.97. The number of rotatable bonds is 2. The van der Waals surface area contributed by atoms with E-state index in [-0.39, 0.29) is 0 Å². The largest absolute Gasteiger partial charge is 0.264 e. The molecule has 0 spiro atoms. The summed E-state index contributed by atoms with van der Waals surface area (Å²) in [6.07, 6.45) is 5.14. The number of pyridine rings is 1. The molecule has 1 aromatic heterocycles. The second kappa shape index (κ2) is 5.29. The van der Waals surface area contributed by atoms with Crippen molar-refractivity contribution >= 4 is 23.3 Å². The Hall–Kier alpha value is -2.11. The van der Waals surface area contributed by atoms with E-state index in [1.54, 1.807) is 30.6 Å². The fourth-order valence-electron chi connectivity index (χ4n) is 1.47. The molecule has 1 heterocycles. The Balaban J connectivity index is 2.41. The molecule has 0 unspecified atom stereocenters. The summed E-state index contributed by atoms with van der Waals surface area (Å²) in [6, 6.07) is 13.2. The van der Waals surface area contributed by atoms with E-state index in [4.69, 9.17) is 16.9 Å². The summed E-state index contributed by atoms with van der Waals surface area (Å²) >= 11 is 5.89. The number of nitriles is 1. The number of aromatic nitrogens is 1. The Morgan fingerprint density at radius 3 is 2.82 bits per heavy atom. The minimum absolute atomic E-state index is 0.570. The Bertz CT molecular complexity index is 583. The molecule has 2 aromatic rings. The van der Waals surface area contributed by atoms with Crippen LogP contribution in [0.5, 0.6) is 0 Å². The molecule has 17 heavy (non-hydrogen) atoms. The van der Waals surface area contributed by atoms with Crippen molar-refractivity contribution in [3.63, 3.8) is 0 Å². The van der Waals surface area contributed by atoms with Gasteiger partial charge in [0.1, 0.15) is 0 Å². The molecule has 0 saturated heterocycles. The lowest BCUT2D eigenvalue weighted by molar-refractivity contribution is 1.31. The Morgan fingerprint density at radius 2 is 2.18 bits per heavy atom. The first kappa shape index (κ1) is 11.4. The zero-order chi connectivity index (χ0) is 12.1. The number of hydrogen-bond donors (Lipinski definition) is 0. The lowest BCUT2D eigenvalue weighted by Crippen LogP contribution is -1.83. The van der Waals surface area contributed by atoms with Gasteiger partial charge < -0.3 is 0 Å². The number of benzene rings is 1. The summed E-state index contributed by atoms with van der Waals surface area (Å²) in [5.41, 5.74) is 2.27. The van der Waals surface area contributed by atoms with Crippen molar-refractivity contribution in [3.8, 4) is 6.07 Å². The highest BCUT2D eigenvalue weighted by Crippen LogP contribution is 2.18. The van der Waals surface area contributed by atoms with Crippen LogP contribution in [0.3, 0.4) is 0 Å². The van der Waals surface area contributed by atoms with Crippen molar-refractivity contribution in [1.82, 2.24) is 4.98 Å². The van der Waals surface area contributed by atoms with Gasteiger partial charge in [-0.1, -0.05) is 29.8 Å². The van der Waals surface area contributed by atoms with E-state index in [0.717, 1.165) is 11.1 Å². The first-order valence-electron chi connectivity index (χ1n) is 5.07. The van der Waals surface area contributed by atoms with Gasteiger partial charge in [0, 0.05) is 23.0 Å². The first-order chi connectivity index (χ1) is 8.29. The van der Waals surface area contributed by atoms with Crippen LogP contribution in [0.25, 0.3) is 11.6 Å². The van der Waals surface area contributed by atoms with Gasteiger partial charge in [-0.25, -0.2) is 0 Å². The lowest BCUT2D eigenvalue weighted by Gasteiger charge is -1.99. The minimum Gasteiger partial charge on any atom is -0.264 e. The third-order valence-electron chi connectivity index (χ3n) is 2.25. The van der Waals surface area contributed by atoms with Gasteiger partial charge in [0.05, 0.1) is 11.6 Å². The Kier molecular flexibility index (Phi) is 3.54. The highest BCUT2D eigenvalue weighted by Gasteiger charge is 2.00. The van der Waals surface area contributed by atoms with Gasteiger partial charge >= 0.3 is 0 Å². The van der Waals surface area contributed by atoms with Gasteiger partial charge in [0.15, 0.2) is 0 Å². The topological polar surface area (TPSA) is 36.7 Å². The summed E-state index contributed by atoms with van der Waals surface area (Å²) in [7, 11) is 0. The monoisotopic (exact) mass is 240 g/mol. The van der Waals surface area contributed by atoms with Crippen LogP contribution in [0.1, 0.15) is 11.1 Å². The quantitative estimate of drug-likeness (QED) is 0.749. The molecular weight excluding hydrogens is 232 g/mol. The molecule has 3 heteroatoms. The fraction of sp³-hybridized carbons (Fsp3) is 0. The van der Waals surface area contributed by atoms with Crippen LogP contribution in [0.2, 0.25) is 5.02 Å². The predicted molar refractivity (Wildman–Crippen MR) is 69.2 cm³/mol. The summed E-state index contributed by atoms with van der Waals surface area (Å²) in [4.78, 5) is 3.99. The maximum atomic E-state index is 9.13. The maximum Gasteiger partial charge on any atom is 0.0998 e. The Labute approximate surface area is 105 Å². The van der Waals surface area contributed by atoms with Crippen molar-refractivity contribution in [1.29, 1.82) is 5.26 Å². The van der Waals surface area contributed by atoms with Gasteiger partial charge in [-0.15, -0.1) is 0 Å². The average Bonchev–Trinajstić information content (AvgIpc) is 2.37. The molecule has 0 saturated carbocycles. The molecule has 0 aliphatic carbocycles. The van der Waals surface area contributed by atoms with E-state index in [2.05, 4.69) is 11.1 Å². The van der Waals surface area contributed by atoms with Crippen molar-refractivity contribution < 1.29 is 0 Å². The van der Waals surface area contributed by atoms with E-state index >= 15 is 0 Å². The van der Waals surface area contributed by atoms with Crippen molar-refractivity contribution in [2.75, 3.05) is 0 Å². The van der Waals surface area contributed by atoms with Crippen LogP contribution in [-0.4, -0.2) is 4.98 Å². The second-order valence-electron chi connectivity index (χ2n) is 3.47. The minimum atomic E-state index is 0.570. The summed E-state index contributed by atoms with van der Waals surface area (Å²) < 4.78 is 0. The summed E-state index contributed by atoms with van der Waals surface area (Å²) in [6.45, 7) is 0. The lowest BCUT2D eigenvalue weighted by atomic mass is 10.1. The molecule has 0 bridgehead atoms. The van der Waals surface area contributed by atoms with E-state index < -0.39 is 0 Å². The van der Waals surface area contributed by atoms with Gasteiger partial charge in [0.2, 0.25) is 0 Å². The molecule has 0 radical (unpaired) electrons. The molecule has 82 valence electrons. The molecule has 0 aliphatic rings. The number of hydrogen-bond acceptors (Lipinski definition) is 2. The second-order valence-corrected chi connectivity index (χ2v) is 3.90. The van der Waals surface area contributed by atoms with Crippen molar-refractivity contribution in [3.05, 3.63) is 64.9 Å². The van der Waals surface area contributed by atoms with Crippen LogP contribution in [0.15, 0.2) is 48.8 Å². The molecule has 0 atom stereocenters. The standard InChI is InChI=1S/C14H9ClN2/c15-14-5-1-3-11(8-14)7-13(9-16)12-4-2-6-17-10-12/h1-8,10H. The molecule has 1 aromatic carbocycles. The molecule has 2 rings (SSSR count). The highest BCUT2D eigenvalue weighted by molar-refractivity contribution is 6.30. The van der Waals surface area contributed by atoms with Crippen molar-refractivity contribution in [2.24, 2.45) is 0 Å². The SMILES string of the molecule is N#CC(=Cc1cccc(Cl)c1)c1cccnc1. The van der Waals surface area contributed by atoms with E-state index in [1.807, 2.05) is 24.3 Å². The Morgan fingerprint density at radius 1 is 1.29 bits per heavy atom. The van der Waals surface area contributed by atoms with Crippen LogP contribution < -0.4 is 0 Å². The van der Waals surface area contributed by atoms with Crippen LogP contribution in [0.4, 0.5) is 0 Å². The molecule has 0 amide bonds. The first-order valence-corrected chi connectivity index (χ1v) is 5.45. The molecule has 2 nitrogen and oxygen atoms in total. The van der Waals surface area contributed by atoms with Crippen LogP contribution in [-0.2, 0) is 0 Å². The number of allylic oxidation sites excluding steroid dienone is 1. The van der Waals surface area contributed by atoms with E-state index in [9.17, 15) is 0 Å². The summed E-state index contributed by atoms with van der Waals surface area (Å²) in [5.74, 6) is 0. The van der Waals surface area contributed by atoms with Gasteiger partial charge in [-0.2, -0.15) is 5.26 Å². The van der Waals surface area contributed by atoms with Gasteiger partial charge in [-0.05, 0) is 29.8 Å². The van der Waals surface area contributed by atoms with Crippen LogP contribution in [0, 0.1) is 11.3 Å². The third-order valence-corrected chi connectivity index (χ3v) is 2.49. The van der Waals surface area contributed by atoms with Gasteiger partial charge in [0.25, 0.3) is 0 Å². The highest BCUT2D eigenvalue weighted by atomic mass is 35.5. The fourth-order valence-corrected chi connectivity index (χ4v) is 1.66.